The van der Waals surface area contributed by atoms with Crippen LogP contribution in [0.25, 0.3) is 16.9 Å². The lowest BCUT2D eigenvalue weighted by Gasteiger charge is -2.10. The fourth-order valence-electron chi connectivity index (χ4n) is 2.96. The molecule has 0 aliphatic carbocycles. The first-order chi connectivity index (χ1) is 13.7. The predicted molar refractivity (Wildman–Crippen MR) is 104 cm³/mol. The van der Waals surface area contributed by atoms with Gasteiger partial charge in [0.25, 0.3) is 0 Å². The molecule has 138 valence electrons. The summed E-state index contributed by atoms with van der Waals surface area (Å²) < 4.78 is 16.0. The van der Waals surface area contributed by atoms with Gasteiger partial charge < -0.3 is 9.72 Å². The molecule has 0 fully saturated rings. The minimum absolute atomic E-state index is 0.313. The zero-order chi connectivity index (χ0) is 19.3. The summed E-state index contributed by atoms with van der Waals surface area (Å²) in [6.07, 6.45) is 8.46. The topological polar surface area (TPSA) is 78.9 Å². The van der Waals surface area contributed by atoms with E-state index in [1.807, 2.05) is 16.7 Å². The van der Waals surface area contributed by atoms with Gasteiger partial charge >= 0.3 is 0 Å². The molecule has 0 unspecified atom stereocenters. The summed E-state index contributed by atoms with van der Waals surface area (Å²) in [5, 5.41) is 12.1. The van der Waals surface area contributed by atoms with Gasteiger partial charge in [0.15, 0.2) is 11.5 Å². The van der Waals surface area contributed by atoms with E-state index in [1.165, 1.54) is 6.07 Å². The van der Waals surface area contributed by atoms with Gasteiger partial charge in [-0.25, -0.2) is 14.4 Å². The Labute approximate surface area is 161 Å². The summed E-state index contributed by atoms with van der Waals surface area (Å²) in [5.41, 5.74) is 3.16. The molecular formula is C21H17FN6. The molecular weight excluding hydrogens is 355 g/mol. The quantitative estimate of drug-likeness (QED) is 0.520. The van der Waals surface area contributed by atoms with E-state index in [1.54, 1.807) is 42.9 Å². The molecule has 4 rings (SSSR count). The first-order valence-electron chi connectivity index (χ1n) is 8.92. The Kier molecular flexibility index (Phi) is 4.93. The van der Waals surface area contributed by atoms with Crippen molar-refractivity contribution >= 4 is 11.5 Å². The number of anilines is 1. The van der Waals surface area contributed by atoms with Gasteiger partial charge in [-0.1, -0.05) is 12.1 Å². The summed E-state index contributed by atoms with van der Waals surface area (Å²) in [7, 11) is 0. The number of nitriles is 1. The van der Waals surface area contributed by atoms with Crippen LogP contribution in [0.4, 0.5) is 10.2 Å². The maximum atomic E-state index is 14.2. The van der Waals surface area contributed by atoms with Crippen molar-refractivity contribution in [3.63, 3.8) is 0 Å². The van der Waals surface area contributed by atoms with Gasteiger partial charge in [0.05, 0.1) is 11.3 Å². The number of halogens is 1. The normalized spacial score (nSPS) is 10.7. The van der Waals surface area contributed by atoms with Crippen LogP contribution in [-0.4, -0.2) is 25.9 Å². The molecule has 1 aromatic carbocycles. The molecule has 3 heterocycles. The molecule has 0 saturated heterocycles. The van der Waals surface area contributed by atoms with Gasteiger partial charge in [0.1, 0.15) is 11.9 Å². The molecule has 0 radical (unpaired) electrons. The number of aromatic nitrogens is 4. The average molecular weight is 372 g/mol. The van der Waals surface area contributed by atoms with E-state index < -0.39 is 0 Å². The number of aryl methyl sites for hydroxylation is 1. The molecule has 3 aromatic heterocycles. The van der Waals surface area contributed by atoms with Crippen LogP contribution in [-0.2, 0) is 6.42 Å². The lowest BCUT2D eigenvalue weighted by atomic mass is 10.1. The average Bonchev–Trinajstić information content (AvgIpc) is 3.21. The van der Waals surface area contributed by atoms with Gasteiger partial charge in [-0.3, -0.25) is 4.98 Å². The Hall–Kier alpha value is -3.79. The van der Waals surface area contributed by atoms with Gasteiger partial charge in [0, 0.05) is 42.6 Å². The molecule has 7 heteroatoms. The van der Waals surface area contributed by atoms with E-state index in [0.717, 1.165) is 18.5 Å². The number of hydrogen-bond acceptors (Lipinski definition) is 5. The number of benzene rings is 1. The largest absolute Gasteiger partial charge is 0.367 e. The molecule has 0 amide bonds. The SMILES string of the molecule is N#Cc1ccc(CCCNc2nc(-c3ccccc3F)cn3ccnc23)nc1. The van der Waals surface area contributed by atoms with Crippen molar-refractivity contribution in [2.24, 2.45) is 0 Å². The highest BCUT2D eigenvalue weighted by Gasteiger charge is 2.11. The minimum Gasteiger partial charge on any atom is -0.367 e. The second-order valence-electron chi connectivity index (χ2n) is 6.29. The lowest BCUT2D eigenvalue weighted by molar-refractivity contribution is 0.630. The molecule has 0 bridgehead atoms. The summed E-state index contributed by atoms with van der Waals surface area (Å²) in [6.45, 7) is 0.665. The fourth-order valence-corrected chi connectivity index (χ4v) is 2.96. The van der Waals surface area contributed by atoms with Crippen LogP contribution in [0.15, 0.2) is 61.2 Å². The molecule has 0 aliphatic rings. The predicted octanol–water partition coefficient (Wildman–Crippen LogP) is 3.85. The number of rotatable bonds is 6. The van der Waals surface area contributed by atoms with Crippen LogP contribution in [0.2, 0.25) is 0 Å². The monoisotopic (exact) mass is 372 g/mol. The van der Waals surface area contributed by atoms with Crippen molar-refractivity contribution in [1.29, 1.82) is 5.26 Å². The molecule has 1 N–H and O–H groups in total. The van der Waals surface area contributed by atoms with Gasteiger partial charge in [-0.2, -0.15) is 5.26 Å². The van der Waals surface area contributed by atoms with E-state index in [2.05, 4.69) is 26.3 Å². The molecule has 28 heavy (non-hydrogen) atoms. The Morgan fingerprint density at radius 3 is 2.82 bits per heavy atom. The zero-order valence-electron chi connectivity index (χ0n) is 15.0. The standard InChI is InChI=1S/C21H17FN6/c22-18-6-2-1-5-17(18)19-14-28-11-10-25-21(28)20(27-19)24-9-3-4-16-8-7-15(12-23)13-26-16/h1-2,5-8,10-11,13-14H,3-4,9H2,(H,24,27). The zero-order valence-corrected chi connectivity index (χ0v) is 15.0. The fraction of sp³-hybridized carbons (Fsp3) is 0.143. The van der Waals surface area contributed by atoms with Crippen molar-refractivity contribution in [3.8, 4) is 17.3 Å². The van der Waals surface area contributed by atoms with Gasteiger partial charge in [-0.05, 0) is 37.1 Å². The van der Waals surface area contributed by atoms with Crippen molar-refractivity contribution < 1.29 is 4.39 Å². The Bertz CT molecular complexity index is 1140. The summed E-state index contributed by atoms with van der Waals surface area (Å²) in [5.74, 6) is 0.297. The van der Waals surface area contributed by atoms with E-state index in [-0.39, 0.29) is 5.82 Å². The Morgan fingerprint density at radius 1 is 1.14 bits per heavy atom. The number of imidazole rings is 1. The Morgan fingerprint density at radius 2 is 2.04 bits per heavy atom. The van der Waals surface area contributed by atoms with Crippen LogP contribution in [0.5, 0.6) is 0 Å². The lowest BCUT2D eigenvalue weighted by Crippen LogP contribution is -2.08. The summed E-state index contributed by atoms with van der Waals surface area (Å²) >= 11 is 0. The smallest absolute Gasteiger partial charge is 0.180 e. The Balaban J connectivity index is 1.49. The highest BCUT2D eigenvalue weighted by atomic mass is 19.1. The molecule has 0 spiro atoms. The first-order valence-corrected chi connectivity index (χ1v) is 8.92. The number of pyridine rings is 1. The van der Waals surface area contributed by atoms with Gasteiger partial charge in [0.2, 0.25) is 0 Å². The van der Waals surface area contributed by atoms with Crippen LogP contribution in [0.1, 0.15) is 17.7 Å². The second kappa shape index (κ2) is 7.84. The molecule has 6 nitrogen and oxygen atoms in total. The van der Waals surface area contributed by atoms with Crippen molar-refractivity contribution in [2.45, 2.75) is 12.8 Å². The summed E-state index contributed by atoms with van der Waals surface area (Å²) in [6, 6.07) is 12.3. The first kappa shape index (κ1) is 17.6. The van der Waals surface area contributed by atoms with E-state index in [0.29, 0.717) is 34.8 Å². The number of nitrogens with one attached hydrogen (secondary N) is 1. The van der Waals surface area contributed by atoms with Crippen molar-refractivity contribution in [1.82, 2.24) is 19.4 Å². The molecule has 0 saturated carbocycles. The number of hydrogen-bond donors (Lipinski definition) is 1. The number of fused-ring (bicyclic) bond motifs is 1. The summed E-state index contributed by atoms with van der Waals surface area (Å²) in [4.78, 5) is 13.2. The van der Waals surface area contributed by atoms with Crippen molar-refractivity contribution in [2.75, 3.05) is 11.9 Å². The van der Waals surface area contributed by atoms with Crippen LogP contribution < -0.4 is 5.32 Å². The second-order valence-corrected chi connectivity index (χ2v) is 6.29. The third-order valence-corrected chi connectivity index (χ3v) is 4.38. The van der Waals surface area contributed by atoms with Crippen LogP contribution >= 0.6 is 0 Å². The highest BCUT2D eigenvalue weighted by Crippen LogP contribution is 2.24. The van der Waals surface area contributed by atoms with Crippen LogP contribution in [0.3, 0.4) is 0 Å². The third-order valence-electron chi connectivity index (χ3n) is 4.38. The van der Waals surface area contributed by atoms with Crippen LogP contribution in [0, 0.1) is 17.1 Å². The molecule has 4 aromatic rings. The molecule has 0 atom stereocenters. The van der Waals surface area contributed by atoms with E-state index in [4.69, 9.17) is 5.26 Å². The number of nitrogens with zero attached hydrogens (tertiary/aromatic N) is 5. The maximum absolute atomic E-state index is 14.2. The van der Waals surface area contributed by atoms with E-state index in [9.17, 15) is 4.39 Å². The van der Waals surface area contributed by atoms with E-state index >= 15 is 0 Å². The molecule has 0 aliphatic heterocycles. The maximum Gasteiger partial charge on any atom is 0.180 e. The minimum atomic E-state index is -0.313. The third kappa shape index (κ3) is 3.67. The van der Waals surface area contributed by atoms with Gasteiger partial charge in [-0.15, -0.1) is 0 Å². The highest BCUT2D eigenvalue weighted by molar-refractivity contribution is 5.69. The van der Waals surface area contributed by atoms with Crippen molar-refractivity contribution in [3.05, 3.63) is 78.3 Å².